The molecule has 94 valence electrons. The van der Waals surface area contributed by atoms with E-state index < -0.39 is 0 Å². The van der Waals surface area contributed by atoms with Crippen LogP contribution in [0.15, 0.2) is 0 Å². The summed E-state index contributed by atoms with van der Waals surface area (Å²) in [6.07, 6.45) is 4.15. The number of hydrogen-bond donors (Lipinski definition) is 1. The number of piperidine rings is 1. The summed E-state index contributed by atoms with van der Waals surface area (Å²) in [4.78, 5) is 2.69. The third kappa shape index (κ3) is 3.38. The Balaban J connectivity index is 1.79. The molecule has 0 amide bonds. The molecule has 16 heavy (non-hydrogen) atoms. The van der Waals surface area contributed by atoms with Crippen LogP contribution in [-0.2, 0) is 0 Å². The predicted octanol–water partition coefficient (Wildman–Crippen LogP) is 2.20. The fourth-order valence-electron chi connectivity index (χ4n) is 2.92. The van der Waals surface area contributed by atoms with E-state index >= 15 is 0 Å². The maximum Gasteiger partial charge on any atom is 0.0197 e. The lowest BCUT2D eigenvalue weighted by Crippen LogP contribution is -2.50. The molecule has 2 heterocycles. The Bertz CT molecular complexity index is 210. The van der Waals surface area contributed by atoms with Crippen molar-refractivity contribution in [2.24, 2.45) is 5.92 Å². The molecule has 3 heteroatoms. The van der Waals surface area contributed by atoms with Crippen LogP contribution in [0, 0.1) is 5.92 Å². The summed E-state index contributed by atoms with van der Waals surface area (Å²) in [6.45, 7) is 8.53. The third-order valence-electron chi connectivity index (χ3n) is 4.14. The van der Waals surface area contributed by atoms with Gasteiger partial charge in [-0.15, -0.1) is 0 Å². The van der Waals surface area contributed by atoms with Crippen molar-refractivity contribution in [3.05, 3.63) is 0 Å². The third-order valence-corrected chi connectivity index (χ3v) is 5.33. The summed E-state index contributed by atoms with van der Waals surface area (Å²) < 4.78 is 0. The monoisotopic (exact) mass is 242 g/mol. The molecule has 2 nitrogen and oxygen atoms in total. The summed E-state index contributed by atoms with van der Waals surface area (Å²) in [7, 11) is 0. The highest BCUT2D eigenvalue weighted by Crippen LogP contribution is 2.22. The molecule has 0 saturated carbocycles. The van der Waals surface area contributed by atoms with Crippen LogP contribution in [0.4, 0.5) is 0 Å². The Kier molecular flexibility index (Phi) is 4.98. The highest BCUT2D eigenvalue weighted by Gasteiger charge is 2.25. The van der Waals surface area contributed by atoms with E-state index in [2.05, 4.69) is 35.8 Å². The summed E-state index contributed by atoms with van der Waals surface area (Å²) in [5.41, 5.74) is 0. The van der Waals surface area contributed by atoms with Gasteiger partial charge in [0.05, 0.1) is 0 Å². The van der Waals surface area contributed by atoms with Crippen LogP contribution in [0.5, 0.6) is 0 Å². The van der Waals surface area contributed by atoms with Crippen molar-refractivity contribution in [2.45, 2.75) is 45.2 Å². The molecule has 0 aromatic rings. The second-order valence-corrected chi connectivity index (χ2v) is 6.52. The second-order valence-electron chi connectivity index (χ2n) is 5.37. The van der Waals surface area contributed by atoms with Gasteiger partial charge >= 0.3 is 0 Å². The summed E-state index contributed by atoms with van der Waals surface area (Å²) in [6, 6.07) is 1.53. The SMILES string of the molecule is CCC1CCNC(CN2CCSCC2C)C1. The van der Waals surface area contributed by atoms with E-state index in [0.717, 1.165) is 18.0 Å². The second kappa shape index (κ2) is 6.27. The van der Waals surface area contributed by atoms with Crippen LogP contribution in [-0.4, -0.2) is 48.1 Å². The van der Waals surface area contributed by atoms with Gasteiger partial charge in [0.25, 0.3) is 0 Å². The molecule has 0 spiro atoms. The van der Waals surface area contributed by atoms with Crippen LogP contribution >= 0.6 is 11.8 Å². The molecule has 0 aromatic heterocycles. The normalized spacial score (nSPS) is 37.5. The lowest BCUT2D eigenvalue weighted by atomic mass is 9.90. The van der Waals surface area contributed by atoms with Crippen molar-refractivity contribution in [1.29, 1.82) is 0 Å². The first-order valence-corrected chi connectivity index (χ1v) is 8.00. The van der Waals surface area contributed by atoms with Crippen molar-refractivity contribution < 1.29 is 0 Å². The van der Waals surface area contributed by atoms with Crippen LogP contribution < -0.4 is 5.32 Å². The largest absolute Gasteiger partial charge is 0.313 e. The molecule has 3 unspecified atom stereocenters. The molecule has 2 aliphatic rings. The Labute approximate surface area is 105 Å². The first kappa shape index (κ1) is 12.7. The number of thioether (sulfide) groups is 1. The van der Waals surface area contributed by atoms with Crippen molar-refractivity contribution in [3.8, 4) is 0 Å². The quantitative estimate of drug-likeness (QED) is 0.817. The molecule has 0 bridgehead atoms. The van der Waals surface area contributed by atoms with Gasteiger partial charge in [0.2, 0.25) is 0 Å². The van der Waals surface area contributed by atoms with Gasteiger partial charge in [0, 0.05) is 36.7 Å². The van der Waals surface area contributed by atoms with Crippen molar-refractivity contribution in [2.75, 3.05) is 31.1 Å². The molecule has 2 fully saturated rings. The molecule has 1 N–H and O–H groups in total. The number of nitrogens with zero attached hydrogens (tertiary/aromatic N) is 1. The summed E-state index contributed by atoms with van der Waals surface area (Å²) in [5.74, 6) is 3.62. The fourth-order valence-corrected chi connectivity index (χ4v) is 4.00. The van der Waals surface area contributed by atoms with E-state index in [4.69, 9.17) is 0 Å². The van der Waals surface area contributed by atoms with E-state index in [1.165, 1.54) is 50.4 Å². The fraction of sp³-hybridized carbons (Fsp3) is 1.00. The van der Waals surface area contributed by atoms with Gasteiger partial charge < -0.3 is 5.32 Å². The lowest BCUT2D eigenvalue weighted by Gasteiger charge is -2.38. The number of hydrogen-bond acceptors (Lipinski definition) is 3. The van der Waals surface area contributed by atoms with Crippen molar-refractivity contribution in [1.82, 2.24) is 10.2 Å². The zero-order valence-corrected chi connectivity index (χ0v) is 11.6. The zero-order chi connectivity index (χ0) is 11.4. The van der Waals surface area contributed by atoms with E-state index in [1.54, 1.807) is 0 Å². The molecular weight excluding hydrogens is 216 g/mol. The molecular formula is C13H26N2S. The minimum atomic E-state index is 0.754. The average Bonchev–Trinajstić information content (AvgIpc) is 2.32. The molecule has 2 saturated heterocycles. The van der Waals surface area contributed by atoms with E-state index in [0.29, 0.717) is 0 Å². The summed E-state index contributed by atoms with van der Waals surface area (Å²) >= 11 is 2.11. The Morgan fingerprint density at radius 1 is 1.44 bits per heavy atom. The number of nitrogens with one attached hydrogen (secondary N) is 1. The lowest BCUT2D eigenvalue weighted by molar-refractivity contribution is 0.175. The first-order valence-electron chi connectivity index (χ1n) is 6.84. The minimum absolute atomic E-state index is 0.754. The van der Waals surface area contributed by atoms with Crippen LogP contribution in [0.2, 0.25) is 0 Å². The summed E-state index contributed by atoms with van der Waals surface area (Å²) in [5, 5.41) is 3.70. The molecule has 2 rings (SSSR count). The topological polar surface area (TPSA) is 15.3 Å². The zero-order valence-electron chi connectivity index (χ0n) is 10.7. The highest BCUT2D eigenvalue weighted by atomic mass is 32.2. The van der Waals surface area contributed by atoms with Crippen molar-refractivity contribution >= 4 is 11.8 Å². The Morgan fingerprint density at radius 2 is 2.31 bits per heavy atom. The molecule has 0 radical (unpaired) electrons. The number of rotatable bonds is 3. The van der Waals surface area contributed by atoms with Crippen LogP contribution in [0.3, 0.4) is 0 Å². The predicted molar refractivity (Wildman–Crippen MR) is 73.2 cm³/mol. The van der Waals surface area contributed by atoms with E-state index in [1.807, 2.05) is 0 Å². The van der Waals surface area contributed by atoms with Gasteiger partial charge in [0.15, 0.2) is 0 Å². The Morgan fingerprint density at radius 3 is 3.06 bits per heavy atom. The van der Waals surface area contributed by atoms with Crippen molar-refractivity contribution in [3.63, 3.8) is 0 Å². The van der Waals surface area contributed by atoms with Gasteiger partial charge in [-0.25, -0.2) is 0 Å². The first-order chi connectivity index (χ1) is 7.79. The van der Waals surface area contributed by atoms with Crippen LogP contribution in [0.25, 0.3) is 0 Å². The molecule has 0 aliphatic carbocycles. The van der Waals surface area contributed by atoms with E-state index in [9.17, 15) is 0 Å². The van der Waals surface area contributed by atoms with Gasteiger partial charge in [-0.1, -0.05) is 13.3 Å². The molecule has 0 aromatic carbocycles. The highest BCUT2D eigenvalue weighted by molar-refractivity contribution is 7.99. The minimum Gasteiger partial charge on any atom is -0.313 e. The molecule has 2 aliphatic heterocycles. The van der Waals surface area contributed by atoms with Crippen LogP contribution in [0.1, 0.15) is 33.1 Å². The Hall–Kier alpha value is 0.270. The maximum atomic E-state index is 3.70. The molecule has 3 atom stereocenters. The van der Waals surface area contributed by atoms with Gasteiger partial charge in [-0.3, -0.25) is 4.90 Å². The standard InChI is InChI=1S/C13H26N2S/c1-3-12-4-5-14-13(8-12)9-15-6-7-16-10-11(15)2/h11-14H,3-10H2,1-2H3. The van der Waals surface area contributed by atoms with Gasteiger partial charge in [-0.2, -0.15) is 11.8 Å². The average molecular weight is 242 g/mol. The maximum absolute atomic E-state index is 3.70. The van der Waals surface area contributed by atoms with Gasteiger partial charge in [0.1, 0.15) is 0 Å². The van der Waals surface area contributed by atoms with Gasteiger partial charge in [-0.05, 0) is 32.2 Å². The smallest absolute Gasteiger partial charge is 0.0197 e. The van der Waals surface area contributed by atoms with E-state index in [-0.39, 0.29) is 0 Å².